The van der Waals surface area contributed by atoms with Crippen LogP contribution in [0.4, 0.5) is 0 Å². The van der Waals surface area contributed by atoms with Crippen LogP contribution in [-0.4, -0.2) is 35.2 Å². The third-order valence-corrected chi connectivity index (χ3v) is 4.06. The molecule has 0 spiro atoms. The molecule has 5 nitrogen and oxygen atoms in total. The molecule has 0 saturated heterocycles. The Morgan fingerprint density at radius 3 is 2.33 bits per heavy atom. The summed E-state index contributed by atoms with van der Waals surface area (Å²) in [6.45, 7) is 6.24. The Balaban J connectivity index is 2.45. The van der Waals surface area contributed by atoms with Gasteiger partial charge >= 0.3 is 5.97 Å². The van der Waals surface area contributed by atoms with Crippen LogP contribution in [0.3, 0.4) is 0 Å². The number of carbonyl (C=O) groups excluding carboxylic acids is 1. The topological polar surface area (TPSA) is 86.6 Å². The lowest BCUT2D eigenvalue weighted by Gasteiger charge is -2.14. The van der Waals surface area contributed by atoms with Crippen LogP contribution in [0.1, 0.15) is 33.6 Å². The van der Waals surface area contributed by atoms with Gasteiger partial charge in [-0.2, -0.15) is 0 Å². The van der Waals surface area contributed by atoms with Gasteiger partial charge in [0.05, 0.1) is 11.8 Å². The second-order valence-corrected chi connectivity index (χ2v) is 5.65. The number of aliphatic carboxylic acids is 1. The highest BCUT2D eigenvalue weighted by Gasteiger charge is 2.65. The largest absolute Gasteiger partial charge is 0.481 e. The molecule has 0 aliphatic heterocycles. The predicted molar refractivity (Wildman–Crippen MR) is 66.9 cm³/mol. The summed E-state index contributed by atoms with van der Waals surface area (Å²) in [5.41, 5.74) is -0.450. The maximum absolute atomic E-state index is 11.9. The molecule has 0 heterocycles. The molecule has 0 bridgehead atoms. The standard InChI is InChI=1S/C13H23NO4/c1-4-8(5-6-15)7-14-11(16)9-10(12(17)18)13(9,2)3/h8-10,15H,4-7H2,1-3H3,(H,14,16)(H,17,18). The Kier molecular flexibility index (Phi) is 4.73. The zero-order valence-corrected chi connectivity index (χ0v) is 11.3. The Labute approximate surface area is 108 Å². The maximum Gasteiger partial charge on any atom is 0.307 e. The predicted octanol–water partition coefficient (Wildman–Crippen LogP) is 0.868. The van der Waals surface area contributed by atoms with Crippen molar-refractivity contribution in [3.8, 4) is 0 Å². The molecule has 1 fully saturated rings. The van der Waals surface area contributed by atoms with Crippen LogP contribution in [0.5, 0.6) is 0 Å². The molecule has 104 valence electrons. The molecule has 0 aromatic rings. The molecule has 1 saturated carbocycles. The van der Waals surface area contributed by atoms with E-state index in [1.807, 2.05) is 6.92 Å². The van der Waals surface area contributed by atoms with Crippen molar-refractivity contribution in [3.05, 3.63) is 0 Å². The van der Waals surface area contributed by atoms with Crippen molar-refractivity contribution in [2.75, 3.05) is 13.2 Å². The van der Waals surface area contributed by atoms with Crippen LogP contribution >= 0.6 is 0 Å². The lowest BCUT2D eigenvalue weighted by atomic mass is 10.0. The monoisotopic (exact) mass is 257 g/mol. The van der Waals surface area contributed by atoms with Crippen molar-refractivity contribution >= 4 is 11.9 Å². The molecule has 18 heavy (non-hydrogen) atoms. The maximum atomic E-state index is 11.9. The second-order valence-electron chi connectivity index (χ2n) is 5.65. The molecule has 5 heteroatoms. The average molecular weight is 257 g/mol. The van der Waals surface area contributed by atoms with Crippen molar-refractivity contribution in [3.63, 3.8) is 0 Å². The third kappa shape index (κ3) is 3.02. The minimum atomic E-state index is -0.900. The van der Waals surface area contributed by atoms with Crippen LogP contribution in [-0.2, 0) is 9.59 Å². The minimum absolute atomic E-state index is 0.112. The van der Waals surface area contributed by atoms with Crippen LogP contribution in [0.25, 0.3) is 0 Å². The van der Waals surface area contributed by atoms with Gasteiger partial charge in [-0.15, -0.1) is 0 Å². The summed E-state index contributed by atoms with van der Waals surface area (Å²) >= 11 is 0. The number of nitrogens with one attached hydrogen (secondary N) is 1. The first kappa shape index (κ1) is 15.0. The fraction of sp³-hybridized carbons (Fsp3) is 0.846. The number of rotatable bonds is 7. The van der Waals surface area contributed by atoms with Gasteiger partial charge in [0.15, 0.2) is 0 Å². The van der Waals surface area contributed by atoms with Gasteiger partial charge in [-0.05, 0) is 17.8 Å². The van der Waals surface area contributed by atoms with E-state index in [4.69, 9.17) is 10.2 Å². The van der Waals surface area contributed by atoms with E-state index < -0.39 is 23.2 Å². The van der Waals surface area contributed by atoms with E-state index in [2.05, 4.69) is 5.32 Å². The van der Waals surface area contributed by atoms with Gasteiger partial charge in [-0.25, -0.2) is 0 Å². The van der Waals surface area contributed by atoms with E-state index >= 15 is 0 Å². The molecule has 0 radical (unpaired) electrons. The molecule has 1 amide bonds. The molecule has 0 aromatic heterocycles. The van der Waals surface area contributed by atoms with E-state index in [9.17, 15) is 9.59 Å². The Morgan fingerprint density at radius 2 is 1.94 bits per heavy atom. The number of carboxylic acids is 1. The summed E-state index contributed by atoms with van der Waals surface area (Å²) in [6.07, 6.45) is 1.55. The normalized spacial score (nSPS) is 26.4. The smallest absolute Gasteiger partial charge is 0.307 e. The van der Waals surface area contributed by atoms with Crippen LogP contribution in [0.15, 0.2) is 0 Å². The van der Waals surface area contributed by atoms with Crippen molar-refractivity contribution in [2.45, 2.75) is 33.6 Å². The molecule has 1 aliphatic rings. The van der Waals surface area contributed by atoms with Gasteiger partial charge in [-0.3, -0.25) is 9.59 Å². The van der Waals surface area contributed by atoms with Crippen LogP contribution in [0.2, 0.25) is 0 Å². The lowest BCUT2D eigenvalue weighted by Crippen LogP contribution is -2.32. The summed E-state index contributed by atoms with van der Waals surface area (Å²) in [6, 6.07) is 0. The zero-order chi connectivity index (χ0) is 13.9. The van der Waals surface area contributed by atoms with Gasteiger partial charge < -0.3 is 15.5 Å². The molecular weight excluding hydrogens is 234 g/mol. The SMILES string of the molecule is CCC(CCO)CNC(=O)C1C(C(=O)O)C1(C)C. The molecule has 3 atom stereocenters. The fourth-order valence-electron chi connectivity index (χ4n) is 2.58. The summed E-state index contributed by atoms with van der Waals surface area (Å²) < 4.78 is 0. The highest BCUT2D eigenvalue weighted by Crippen LogP contribution is 2.58. The second kappa shape index (κ2) is 5.69. The molecular formula is C13H23NO4. The molecule has 1 aliphatic carbocycles. The van der Waals surface area contributed by atoms with E-state index in [-0.39, 0.29) is 18.4 Å². The van der Waals surface area contributed by atoms with Crippen molar-refractivity contribution in [2.24, 2.45) is 23.2 Å². The number of carbonyl (C=O) groups is 2. The Morgan fingerprint density at radius 1 is 1.33 bits per heavy atom. The first-order chi connectivity index (χ1) is 8.36. The summed E-state index contributed by atoms with van der Waals surface area (Å²) in [4.78, 5) is 22.9. The van der Waals surface area contributed by atoms with E-state index in [1.165, 1.54) is 0 Å². The van der Waals surface area contributed by atoms with Gasteiger partial charge in [0.25, 0.3) is 0 Å². The third-order valence-electron chi connectivity index (χ3n) is 4.06. The lowest BCUT2D eigenvalue weighted by molar-refractivity contribution is -0.140. The van der Waals surface area contributed by atoms with Crippen molar-refractivity contribution < 1.29 is 19.8 Å². The molecule has 3 N–H and O–H groups in total. The Hall–Kier alpha value is -1.10. The number of hydrogen-bond acceptors (Lipinski definition) is 3. The first-order valence-corrected chi connectivity index (χ1v) is 6.47. The quantitative estimate of drug-likeness (QED) is 0.631. The van der Waals surface area contributed by atoms with E-state index in [0.29, 0.717) is 13.0 Å². The zero-order valence-electron chi connectivity index (χ0n) is 11.3. The van der Waals surface area contributed by atoms with Gasteiger partial charge in [0, 0.05) is 13.2 Å². The van der Waals surface area contributed by atoms with E-state index in [0.717, 1.165) is 6.42 Å². The average Bonchev–Trinajstić information content (AvgIpc) is 2.87. The van der Waals surface area contributed by atoms with Gasteiger partial charge in [0.1, 0.15) is 0 Å². The highest BCUT2D eigenvalue weighted by molar-refractivity contribution is 5.91. The summed E-state index contributed by atoms with van der Waals surface area (Å²) in [5.74, 6) is -1.83. The van der Waals surface area contributed by atoms with Crippen LogP contribution in [0, 0.1) is 23.2 Å². The minimum Gasteiger partial charge on any atom is -0.481 e. The number of aliphatic hydroxyl groups is 1. The van der Waals surface area contributed by atoms with Gasteiger partial charge in [0.2, 0.25) is 5.91 Å². The van der Waals surface area contributed by atoms with Gasteiger partial charge in [-0.1, -0.05) is 27.2 Å². The highest BCUT2D eigenvalue weighted by atomic mass is 16.4. The number of carboxylic acid groups (broad SMARTS) is 1. The number of aliphatic hydroxyl groups excluding tert-OH is 1. The Bertz CT molecular complexity index is 327. The molecule has 0 aromatic carbocycles. The first-order valence-electron chi connectivity index (χ1n) is 6.47. The number of amides is 1. The van der Waals surface area contributed by atoms with Crippen molar-refractivity contribution in [1.82, 2.24) is 5.32 Å². The summed E-state index contributed by atoms with van der Waals surface area (Å²) in [7, 11) is 0. The van der Waals surface area contributed by atoms with Crippen molar-refractivity contribution in [1.29, 1.82) is 0 Å². The number of hydrogen-bond donors (Lipinski definition) is 3. The fourth-order valence-corrected chi connectivity index (χ4v) is 2.58. The molecule has 3 unspecified atom stereocenters. The summed E-state index contributed by atoms with van der Waals surface area (Å²) in [5, 5.41) is 20.7. The van der Waals surface area contributed by atoms with Crippen LogP contribution < -0.4 is 5.32 Å². The molecule has 1 rings (SSSR count). The van der Waals surface area contributed by atoms with E-state index in [1.54, 1.807) is 13.8 Å².